The maximum Gasteiger partial charge on any atom is 0.337 e. The van der Waals surface area contributed by atoms with E-state index >= 15 is 0 Å². The van der Waals surface area contributed by atoms with Crippen molar-refractivity contribution in [2.45, 2.75) is 13.3 Å². The van der Waals surface area contributed by atoms with Gasteiger partial charge in [0.2, 0.25) is 5.82 Å². The number of nitrogens with one attached hydrogen (secondary N) is 1. The molecule has 0 unspecified atom stereocenters. The van der Waals surface area contributed by atoms with Gasteiger partial charge in [-0.15, -0.1) is 0 Å². The van der Waals surface area contributed by atoms with Crippen LogP contribution >= 0.6 is 0 Å². The summed E-state index contributed by atoms with van der Waals surface area (Å²) in [7, 11) is 0. The van der Waals surface area contributed by atoms with Crippen molar-refractivity contribution in [1.29, 1.82) is 5.26 Å². The van der Waals surface area contributed by atoms with Crippen LogP contribution in [0.25, 0.3) is 11.3 Å². The number of anilines is 1. The highest BCUT2D eigenvalue weighted by Crippen LogP contribution is 2.32. The fourth-order valence-corrected chi connectivity index (χ4v) is 1.77. The summed E-state index contributed by atoms with van der Waals surface area (Å²) >= 11 is 0. The molecule has 0 atom stereocenters. The van der Waals surface area contributed by atoms with E-state index in [-0.39, 0.29) is 17.2 Å². The lowest BCUT2D eigenvalue weighted by molar-refractivity contribution is -0.383. The molecule has 2 heterocycles. The molecule has 0 saturated heterocycles. The molecule has 21 heavy (non-hydrogen) atoms. The highest BCUT2D eigenvalue weighted by Gasteiger charge is 2.24. The molecule has 0 fully saturated rings. The molecule has 0 aliphatic heterocycles. The lowest BCUT2D eigenvalue weighted by atomic mass is 10.1. The Balaban J connectivity index is 2.57. The molecule has 2 aromatic heterocycles. The van der Waals surface area contributed by atoms with Crippen LogP contribution < -0.4 is 5.32 Å². The van der Waals surface area contributed by atoms with Crippen molar-refractivity contribution >= 4 is 11.5 Å². The van der Waals surface area contributed by atoms with E-state index in [0.29, 0.717) is 17.7 Å². The third-order valence-corrected chi connectivity index (χ3v) is 2.69. The monoisotopic (exact) mass is 284 g/mol. The second-order valence-corrected chi connectivity index (χ2v) is 4.18. The van der Waals surface area contributed by atoms with E-state index in [1.54, 1.807) is 0 Å². The Bertz CT molecular complexity index is 710. The van der Waals surface area contributed by atoms with E-state index < -0.39 is 4.92 Å². The maximum absolute atomic E-state index is 11.3. The topological polar surface area (TPSA) is 118 Å². The third kappa shape index (κ3) is 3.09. The fourth-order valence-electron chi connectivity index (χ4n) is 1.77. The van der Waals surface area contributed by atoms with Gasteiger partial charge >= 0.3 is 5.69 Å². The first-order chi connectivity index (χ1) is 10.2. The molecule has 0 aliphatic rings. The molecule has 2 aromatic rings. The minimum absolute atomic E-state index is 0.137. The lowest BCUT2D eigenvalue weighted by Gasteiger charge is -2.07. The van der Waals surface area contributed by atoms with Gasteiger partial charge in [-0.25, -0.2) is 9.97 Å². The van der Waals surface area contributed by atoms with Gasteiger partial charge in [0.05, 0.1) is 10.5 Å². The van der Waals surface area contributed by atoms with Crippen LogP contribution in [-0.4, -0.2) is 26.4 Å². The van der Waals surface area contributed by atoms with Gasteiger partial charge in [0.1, 0.15) is 12.4 Å². The lowest BCUT2D eigenvalue weighted by Crippen LogP contribution is -2.07. The number of nitro groups is 1. The standard InChI is InChI=1S/C13H12N6O2/c1-2-3-16-13-12(19(20)21)11(17-8-18-13)10-4-9(5-14)6-15-7-10/h4,6-8H,2-3H2,1H3,(H,16,17,18). The maximum atomic E-state index is 11.3. The van der Waals surface area contributed by atoms with E-state index in [0.717, 1.165) is 6.42 Å². The normalized spacial score (nSPS) is 9.90. The summed E-state index contributed by atoms with van der Waals surface area (Å²) in [5, 5.41) is 23.1. The van der Waals surface area contributed by atoms with Crippen LogP contribution in [0.3, 0.4) is 0 Å². The summed E-state index contributed by atoms with van der Waals surface area (Å²) in [6, 6.07) is 3.45. The molecule has 106 valence electrons. The van der Waals surface area contributed by atoms with Crippen molar-refractivity contribution in [2.75, 3.05) is 11.9 Å². The second kappa shape index (κ2) is 6.38. The first-order valence-corrected chi connectivity index (χ1v) is 6.26. The average molecular weight is 284 g/mol. The highest BCUT2D eigenvalue weighted by atomic mass is 16.6. The number of aromatic nitrogens is 3. The predicted molar refractivity (Wildman–Crippen MR) is 75.4 cm³/mol. The van der Waals surface area contributed by atoms with E-state index in [9.17, 15) is 10.1 Å². The summed E-state index contributed by atoms with van der Waals surface area (Å²) in [5.74, 6) is 0.161. The number of nitriles is 1. The van der Waals surface area contributed by atoms with Crippen LogP contribution in [0.1, 0.15) is 18.9 Å². The van der Waals surface area contributed by atoms with Crippen molar-refractivity contribution in [2.24, 2.45) is 0 Å². The number of nitrogens with zero attached hydrogens (tertiary/aromatic N) is 5. The molecule has 0 saturated carbocycles. The summed E-state index contributed by atoms with van der Waals surface area (Å²) in [5.41, 5.74) is 0.632. The summed E-state index contributed by atoms with van der Waals surface area (Å²) in [6.45, 7) is 2.51. The van der Waals surface area contributed by atoms with Gasteiger partial charge < -0.3 is 5.32 Å². The van der Waals surface area contributed by atoms with Crippen LogP contribution in [0.4, 0.5) is 11.5 Å². The van der Waals surface area contributed by atoms with Crippen molar-refractivity contribution in [3.05, 3.63) is 40.5 Å². The Kier molecular flexibility index (Phi) is 4.36. The molecule has 0 bridgehead atoms. The van der Waals surface area contributed by atoms with Crippen LogP contribution in [0.15, 0.2) is 24.8 Å². The highest BCUT2D eigenvalue weighted by molar-refractivity contribution is 5.76. The molecular formula is C13H12N6O2. The van der Waals surface area contributed by atoms with E-state index in [1.165, 1.54) is 24.8 Å². The number of pyridine rings is 1. The Morgan fingerprint density at radius 3 is 2.90 bits per heavy atom. The van der Waals surface area contributed by atoms with Crippen LogP contribution in [0.2, 0.25) is 0 Å². The number of hydrogen-bond donors (Lipinski definition) is 1. The molecule has 0 amide bonds. The fraction of sp³-hybridized carbons (Fsp3) is 0.231. The molecule has 2 rings (SSSR count). The first-order valence-electron chi connectivity index (χ1n) is 6.26. The molecular weight excluding hydrogens is 272 g/mol. The van der Waals surface area contributed by atoms with E-state index in [4.69, 9.17) is 5.26 Å². The SMILES string of the molecule is CCCNc1ncnc(-c2cncc(C#N)c2)c1[N+](=O)[O-]. The molecule has 0 radical (unpaired) electrons. The largest absolute Gasteiger partial charge is 0.364 e. The van der Waals surface area contributed by atoms with Gasteiger partial charge in [0.15, 0.2) is 5.69 Å². The molecule has 8 nitrogen and oxygen atoms in total. The van der Waals surface area contributed by atoms with Crippen molar-refractivity contribution < 1.29 is 4.92 Å². The minimum Gasteiger partial charge on any atom is -0.364 e. The van der Waals surface area contributed by atoms with Crippen LogP contribution in [0.5, 0.6) is 0 Å². The predicted octanol–water partition coefficient (Wildman–Crippen LogP) is 2.14. The smallest absolute Gasteiger partial charge is 0.337 e. The van der Waals surface area contributed by atoms with Crippen LogP contribution in [0, 0.1) is 21.4 Å². The quantitative estimate of drug-likeness (QED) is 0.660. The minimum atomic E-state index is -0.535. The third-order valence-electron chi connectivity index (χ3n) is 2.69. The molecule has 0 aromatic carbocycles. The van der Waals surface area contributed by atoms with E-state index in [1.807, 2.05) is 13.0 Å². The zero-order chi connectivity index (χ0) is 15.2. The summed E-state index contributed by atoms with van der Waals surface area (Å²) < 4.78 is 0. The summed E-state index contributed by atoms with van der Waals surface area (Å²) in [4.78, 5) is 22.6. The first kappa shape index (κ1) is 14.3. The zero-order valence-corrected chi connectivity index (χ0v) is 11.3. The number of hydrogen-bond acceptors (Lipinski definition) is 7. The molecule has 0 aliphatic carbocycles. The van der Waals surface area contributed by atoms with E-state index in [2.05, 4.69) is 20.3 Å². The van der Waals surface area contributed by atoms with Crippen molar-refractivity contribution in [3.63, 3.8) is 0 Å². The van der Waals surface area contributed by atoms with Crippen molar-refractivity contribution in [3.8, 4) is 17.3 Å². The molecule has 8 heteroatoms. The number of rotatable bonds is 5. The second-order valence-electron chi connectivity index (χ2n) is 4.18. The van der Waals surface area contributed by atoms with Gasteiger partial charge in [-0.2, -0.15) is 5.26 Å². The Labute approximate surface area is 120 Å². The molecule has 0 spiro atoms. The van der Waals surface area contributed by atoms with Gasteiger partial charge in [-0.05, 0) is 12.5 Å². The average Bonchev–Trinajstić information content (AvgIpc) is 2.52. The zero-order valence-electron chi connectivity index (χ0n) is 11.3. The Morgan fingerprint density at radius 2 is 2.24 bits per heavy atom. The Morgan fingerprint density at radius 1 is 1.43 bits per heavy atom. The van der Waals surface area contributed by atoms with Gasteiger partial charge in [0, 0.05) is 24.5 Å². The Hall–Kier alpha value is -3.08. The molecule has 1 N–H and O–H groups in total. The van der Waals surface area contributed by atoms with Gasteiger partial charge in [-0.3, -0.25) is 15.1 Å². The van der Waals surface area contributed by atoms with Gasteiger partial charge in [-0.1, -0.05) is 6.92 Å². The van der Waals surface area contributed by atoms with Crippen LogP contribution in [-0.2, 0) is 0 Å². The van der Waals surface area contributed by atoms with Gasteiger partial charge in [0.25, 0.3) is 0 Å². The summed E-state index contributed by atoms with van der Waals surface area (Å²) in [6.07, 6.45) is 4.87. The van der Waals surface area contributed by atoms with Crippen molar-refractivity contribution in [1.82, 2.24) is 15.0 Å².